The molecule has 0 aliphatic carbocycles. The Morgan fingerprint density at radius 1 is 1.19 bits per heavy atom. The maximum Gasteiger partial charge on any atom is 0.227 e. The van der Waals surface area contributed by atoms with E-state index in [-0.39, 0.29) is 11.4 Å². The molecule has 0 saturated carbocycles. The van der Waals surface area contributed by atoms with Crippen molar-refractivity contribution in [1.29, 1.82) is 0 Å². The van der Waals surface area contributed by atoms with Gasteiger partial charge in [0.25, 0.3) is 0 Å². The second-order valence-electron chi connectivity index (χ2n) is 5.29. The van der Waals surface area contributed by atoms with Gasteiger partial charge in [0.1, 0.15) is 0 Å². The van der Waals surface area contributed by atoms with Gasteiger partial charge in [0, 0.05) is 12.6 Å². The van der Waals surface area contributed by atoms with E-state index < -0.39 is 0 Å². The Morgan fingerprint density at radius 3 is 2.12 bits per heavy atom. The summed E-state index contributed by atoms with van der Waals surface area (Å²) < 4.78 is 0. The van der Waals surface area contributed by atoms with Crippen LogP contribution in [0.1, 0.15) is 31.9 Å². The SMILES string of the molecule is Cc1ccc(CC(=O)N(C)C(C)(C)C)cc1. The minimum absolute atomic E-state index is 0.109. The summed E-state index contributed by atoms with van der Waals surface area (Å²) in [7, 11) is 1.86. The van der Waals surface area contributed by atoms with E-state index in [1.54, 1.807) is 4.90 Å². The lowest BCUT2D eigenvalue weighted by atomic mass is 10.0. The summed E-state index contributed by atoms with van der Waals surface area (Å²) in [4.78, 5) is 13.8. The normalized spacial score (nSPS) is 11.3. The maximum atomic E-state index is 12.0. The zero-order valence-electron chi connectivity index (χ0n) is 10.9. The third-order valence-electron chi connectivity index (χ3n) is 2.86. The van der Waals surface area contributed by atoms with Crippen molar-refractivity contribution in [3.8, 4) is 0 Å². The van der Waals surface area contributed by atoms with E-state index in [0.29, 0.717) is 6.42 Å². The number of aryl methyl sites for hydroxylation is 1. The number of benzene rings is 1. The Morgan fingerprint density at radius 2 is 1.69 bits per heavy atom. The Kier molecular flexibility index (Phi) is 3.74. The highest BCUT2D eigenvalue weighted by Gasteiger charge is 2.21. The van der Waals surface area contributed by atoms with Crippen molar-refractivity contribution < 1.29 is 4.79 Å². The van der Waals surface area contributed by atoms with Gasteiger partial charge in [0.05, 0.1) is 6.42 Å². The molecule has 2 heteroatoms. The van der Waals surface area contributed by atoms with Gasteiger partial charge in [0.2, 0.25) is 5.91 Å². The van der Waals surface area contributed by atoms with Gasteiger partial charge < -0.3 is 4.90 Å². The molecule has 88 valence electrons. The van der Waals surface area contributed by atoms with Crippen molar-refractivity contribution in [3.63, 3.8) is 0 Å². The second-order valence-corrected chi connectivity index (χ2v) is 5.29. The fourth-order valence-electron chi connectivity index (χ4n) is 1.37. The van der Waals surface area contributed by atoms with Crippen LogP contribution in [-0.2, 0) is 11.2 Å². The van der Waals surface area contributed by atoms with Crippen molar-refractivity contribution >= 4 is 5.91 Å². The monoisotopic (exact) mass is 219 g/mol. The predicted octanol–water partition coefficient (Wildman–Crippen LogP) is 2.79. The standard InChI is InChI=1S/C14H21NO/c1-11-6-8-12(9-7-11)10-13(16)15(5)14(2,3)4/h6-9H,10H2,1-5H3. The van der Waals surface area contributed by atoms with Gasteiger partial charge in [-0.15, -0.1) is 0 Å². The lowest BCUT2D eigenvalue weighted by molar-refractivity contribution is -0.133. The molecule has 0 unspecified atom stereocenters. The molecule has 1 amide bonds. The van der Waals surface area contributed by atoms with E-state index in [2.05, 4.69) is 0 Å². The molecular weight excluding hydrogens is 198 g/mol. The highest BCUT2D eigenvalue weighted by molar-refractivity contribution is 5.79. The van der Waals surface area contributed by atoms with Gasteiger partial charge in [-0.05, 0) is 33.3 Å². The number of amides is 1. The molecule has 0 atom stereocenters. The molecule has 0 saturated heterocycles. The van der Waals surface area contributed by atoms with E-state index in [0.717, 1.165) is 5.56 Å². The molecule has 1 rings (SSSR count). The lowest BCUT2D eigenvalue weighted by Crippen LogP contribution is -2.43. The molecule has 0 spiro atoms. The molecule has 0 bridgehead atoms. The van der Waals surface area contributed by atoms with E-state index >= 15 is 0 Å². The molecule has 0 radical (unpaired) electrons. The first kappa shape index (κ1) is 12.8. The van der Waals surface area contributed by atoms with Crippen LogP contribution in [0, 0.1) is 6.92 Å². The summed E-state index contributed by atoms with van der Waals surface area (Å²) in [5.74, 6) is 0.163. The van der Waals surface area contributed by atoms with E-state index in [1.165, 1.54) is 5.56 Å². The molecule has 1 aromatic carbocycles. The highest BCUT2D eigenvalue weighted by atomic mass is 16.2. The van der Waals surface area contributed by atoms with E-state index in [4.69, 9.17) is 0 Å². The number of hydrogen-bond acceptors (Lipinski definition) is 1. The summed E-state index contributed by atoms with van der Waals surface area (Å²) in [5, 5.41) is 0. The van der Waals surface area contributed by atoms with Gasteiger partial charge in [0.15, 0.2) is 0 Å². The van der Waals surface area contributed by atoms with Crippen LogP contribution >= 0.6 is 0 Å². The quantitative estimate of drug-likeness (QED) is 0.749. The Hall–Kier alpha value is -1.31. The van der Waals surface area contributed by atoms with Crippen molar-refractivity contribution in [2.75, 3.05) is 7.05 Å². The number of carbonyl (C=O) groups excluding carboxylic acids is 1. The van der Waals surface area contributed by atoms with Crippen molar-refractivity contribution in [2.24, 2.45) is 0 Å². The number of rotatable bonds is 2. The molecule has 0 fully saturated rings. The molecule has 1 aromatic rings. The highest BCUT2D eigenvalue weighted by Crippen LogP contribution is 2.13. The van der Waals surface area contributed by atoms with Gasteiger partial charge in [-0.3, -0.25) is 4.79 Å². The van der Waals surface area contributed by atoms with Gasteiger partial charge in [-0.1, -0.05) is 29.8 Å². The first-order valence-electron chi connectivity index (χ1n) is 5.63. The number of likely N-dealkylation sites (N-methyl/N-ethyl adjacent to an activating group) is 1. The third-order valence-corrected chi connectivity index (χ3v) is 2.86. The Bertz CT molecular complexity index is 359. The van der Waals surface area contributed by atoms with Crippen LogP contribution in [0.2, 0.25) is 0 Å². The van der Waals surface area contributed by atoms with E-state index in [1.807, 2.05) is 59.0 Å². The van der Waals surface area contributed by atoms with Crippen LogP contribution in [0.4, 0.5) is 0 Å². The summed E-state index contributed by atoms with van der Waals surface area (Å²) >= 11 is 0. The van der Waals surface area contributed by atoms with Crippen LogP contribution in [-0.4, -0.2) is 23.4 Å². The number of carbonyl (C=O) groups is 1. The van der Waals surface area contributed by atoms with E-state index in [9.17, 15) is 4.79 Å². The largest absolute Gasteiger partial charge is 0.341 e. The predicted molar refractivity (Wildman–Crippen MR) is 67.4 cm³/mol. The minimum Gasteiger partial charge on any atom is -0.341 e. The first-order valence-corrected chi connectivity index (χ1v) is 5.63. The molecule has 0 heterocycles. The van der Waals surface area contributed by atoms with Gasteiger partial charge in [-0.2, -0.15) is 0 Å². The molecule has 0 aliphatic rings. The minimum atomic E-state index is -0.109. The number of hydrogen-bond donors (Lipinski definition) is 0. The van der Waals surface area contributed by atoms with Crippen molar-refractivity contribution in [2.45, 2.75) is 39.7 Å². The van der Waals surface area contributed by atoms with Gasteiger partial charge in [-0.25, -0.2) is 0 Å². The topological polar surface area (TPSA) is 20.3 Å². The average molecular weight is 219 g/mol. The van der Waals surface area contributed by atoms with Crippen molar-refractivity contribution in [3.05, 3.63) is 35.4 Å². The fourth-order valence-corrected chi connectivity index (χ4v) is 1.37. The number of nitrogens with zero attached hydrogens (tertiary/aromatic N) is 1. The Balaban J connectivity index is 2.68. The summed E-state index contributed by atoms with van der Waals surface area (Å²) in [6.07, 6.45) is 0.480. The molecular formula is C14H21NO. The van der Waals surface area contributed by atoms with Crippen molar-refractivity contribution in [1.82, 2.24) is 4.90 Å². The first-order chi connectivity index (χ1) is 7.30. The third kappa shape index (κ3) is 3.37. The summed E-state index contributed by atoms with van der Waals surface area (Å²) in [5.41, 5.74) is 2.19. The fraction of sp³-hybridized carbons (Fsp3) is 0.500. The van der Waals surface area contributed by atoms with Crippen LogP contribution < -0.4 is 0 Å². The smallest absolute Gasteiger partial charge is 0.227 e. The van der Waals surface area contributed by atoms with Crippen LogP contribution in [0.5, 0.6) is 0 Å². The average Bonchev–Trinajstić information content (AvgIpc) is 2.19. The molecule has 0 aliphatic heterocycles. The van der Waals surface area contributed by atoms with Crippen LogP contribution in [0.3, 0.4) is 0 Å². The maximum absolute atomic E-state index is 12.0. The molecule has 2 nitrogen and oxygen atoms in total. The summed E-state index contributed by atoms with van der Waals surface area (Å²) in [6.45, 7) is 8.17. The molecule has 0 aromatic heterocycles. The zero-order chi connectivity index (χ0) is 12.3. The molecule has 0 N–H and O–H groups in total. The Labute approximate surface area is 98.3 Å². The van der Waals surface area contributed by atoms with Gasteiger partial charge >= 0.3 is 0 Å². The lowest BCUT2D eigenvalue weighted by Gasteiger charge is -2.32. The van der Waals surface area contributed by atoms with Crippen LogP contribution in [0.25, 0.3) is 0 Å². The van der Waals surface area contributed by atoms with Crippen LogP contribution in [0.15, 0.2) is 24.3 Å². The molecule has 16 heavy (non-hydrogen) atoms. The summed E-state index contributed by atoms with van der Waals surface area (Å²) in [6, 6.07) is 8.12. The second kappa shape index (κ2) is 4.69. The zero-order valence-corrected chi connectivity index (χ0v) is 10.9.